The van der Waals surface area contributed by atoms with E-state index < -0.39 is 6.04 Å². The molecule has 0 saturated heterocycles. The fourth-order valence-corrected chi connectivity index (χ4v) is 2.84. The maximum atomic E-state index is 6.34. The lowest BCUT2D eigenvalue weighted by molar-refractivity contribution is 0.340. The van der Waals surface area contributed by atoms with Gasteiger partial charge in [0.25, 0.3) is 0 Å². The molecule has 0 saturated carbocycles. The van der Waals surface area contributed by atoms with Gasteiger partial charge in [0.15, 0.2) is 0 Å². The van der Waals surface area contributed by atoms with E-state index in [1.54, 1.807) is 12.1 Å². The molecule has 1 atom stereocenters. The summed E-state index contributed by atoms with van der Waals surface area (Å²) in [4.78, 5) is 0. The quantitative estimate of drug-likeness (QED) is 0.805. The Kier molecular flexibility index (Phi) is 5.39. The molecule has 112 valence electrons. The van der Waals surface area contributed by atoms with Crippen LogP contribution in [0.1, 0.15) is 29.7 Å². The van der Waals surface area contributed by atoms with Crippen LogP contribution >= 0.6 is 34.8 Å². The first-order chi connectivity index (χ1) is 9.93. The minimum atomic E-state index is -0.399. The number of hydrogen-bond acceptors (Lipinski definition) is 2. The minimum absolute atomic E-state index is 0.399. The molecular formula is C16H16Cl3NO. The van der Waals surface area contributed by atoms with Gasteiger partial charge in [-0.2, -0.15) is 0 Å². The Morgan fingerprint density at radius 3 is 2.43 bits per heavy atom. The van der Waals surface area contributed by atoms with Crippen molar-refractivity contribution in [3.8, 4) is 5.75 Å². The second-order valence-electron chi connectivity index (χ2n) is 4.72. The smallest absolute Gasteiger partial charge is 0.139 e. The molecule has 0 amide bonds. The van der Waals surface area contributed by atoms with Crippen molar-refractivity contribution in [1.82, 2.24) is 0 Å². The van der Waals surface area contributed by atoms with Crippen molar-refractivity contribution in [2.45, 2.75) is 19.9 Å². The first-order valence-corrected chi connectivity index (χ1v) is 7.70. The van der Waals surface area contributed by atoms with Crippen LogP contribution in [0.3, 0.4) is 0 Å². The van der Waals surface area contributed by atoms with Crippen LogP contribution in [0, 0.1) is 6.92 Å². The highest BCUT2D eigenvalue weighted by Gasteiger charge is 2.17. The molecule has 0 bridgehead atoms. The number of nitrogens with two attached hydrogens (primary N) is 1. The number of benzene rings is 2. The first-order valence-electron chi connectivity index (χ1n) is 6.57. The third-order valence-corrected chi connectivity index (χ3v) is 4.12. The second kappa shape index (κ2) is 6.89. The fourth-order valence-electron chi connectivity index (χ4n) is 2.16. The van der Waals surface area contributed by atoms with Crippen molar-refractivity contribution in [1.29, 1.82) is 0 Å². The van der Waals surface area contributed by atoms with Crippen molar-refractivity contribution in [3.05, 3.63) is 62.1 Å². The van der Waals surface area contributed by atoms with Crippen molar-refractivity contribution in [3.63, 3.8) is 0 Å². The Morgan fingerprint density at radius 2 is 1.76 bits per heavy atom. The largest absolute Gasteiger partial charge is 0.492 e. The molecule has 2 nitrogen and oxygen atoms in total. The van der Waals surface area contributed by atoms with E-state index in [1.807, 2.05) is 32.0 Å². The average Bonchev–Trinajstić information content (AvgIpc) is 2.44. The van der Waals surface area contributed by atoms with Crippen LogP contribution in [0.2, 0.25) is 15.1 Å². The Labute approximate surface area is 139 Å². The molecule has 0 aliphatic carbocycles. The summed E-state index contributed by atoms with van der Waals surface area (Å²) in [5.74, 6) is 0.558. The molecule has 5 heteroatoms. The summed E-state index contributed by atoms with van der Waals surface area (Å²) in [6.07, 6.45) is 0. The summed E-state index contributed by atoms with van der Waals surface area (Å²) in [5.41, 5.74) is 9.05. The molecule has 0 fully saturated rings. The van der Waals surface area contributed by atoms with E-state index in [2.05, 4.69) is 0 Å². The molecule has 0 aliphatic rings. The molecular weight excluding hydrogens is 329 g/mol. The van der Waals surface area contributed by atoms with Crippen molar-refractivity contribution < 1.29 is 4.74 Å². The zero-order chi connectivity index (χ0) is 15.6. The summed E-state index contributed by atoms with van der Waals surface area (Å²) < 4.78 is 5.42. The van der Waals surface area contributed by atoms with Crippen molar-refractivity contribution in [2.24, 2.45) is 5.73 Å². The van der Waals surface area contributed by atoms with Gasteiger partial charge in [-0.3, -0.25) is 0 Å². The molecule has 0 heterocycles. The molecule has 2 rings (SSSR count). The number of rotatable bonds is 4. The van der Waals surface area contributed by atoms with E-state index in [-0.39, 0.29) is 0 Å². The van der Waals surface area contributed by atoms with Crippen molar-refractivity contribution in [2.75, 3.05) is 6.61 Å². The van der Waals surface area contributed by atoms with E-state index in [1.165, 1.54) is 0 Å². The highest BCUT2D eigenvalue weighted by Crippen LogP contribution is 2.36. The SMILES string of the molecule is CCOc1cc(Cl)c(C(N)c2cc(Cl)ccc2C)cc1Cl. The molecule has 0 radical (unpaired) electrons. The maximum Gasteiger partial charge on any atom is 0.139 e. The molecule has 2 aromatic carbocycles. The number of halogens is 3. The molecule has 0 aliphatic heterocycles. The monoisotopic (exact) mass is 343 g/mol. The maximum absolute atomic E-state index is 6.34. The molecule has 2 N–H and O–H groups in total. The van der Waals surface area contributed by atoms with E-state index in [0.717, 1.165) is 16.7 Å². The van der Waals surface area contributed by atoms with Gasteiger partial charge in [-0.1, -0.05) is 40.9 Å². The average molecular weight is 345 g/mol. The fraction of sp³-hybridized carbons (Fsp3) is 0.250. The molecule has 21 heavy (non-hydrogen) atoms. The summed E-state index contributed by atoms with van der Waals surface area (Å²) in [6, 6.07) is 8.66. The lowest BCUT2D eigenvalue weighted by Crippen LogP contribution is -2.14. The third kappa shape index (κ3) is 3.64. The Morgan fingerprint density at radius 1 is 1.05 bits per heavy atom. The van der Waals surface area contributed by atoms with Gasteiger partial charge >= 0.3 is 0 Å². The standard InChI is InChI=1S/C16H16Cl3NO/c1-3-21-15-8-13(18)12(7-14(15)19)16(20)11-6-10(17)5-4-9(11)2/h4-8,16H,3,20H2,1-2H3. The normalized spacial score (nSPS) is 12.3. The van der Waals surface area contributed by atoms with Crippen LogP contribution in [-0.2, 0) is 0 Å². The molecule has 2 aromatic rings. The van der Waals surface area contributed by atoms with Gasteiger partial charge in [0, 0.05) is 16.1 Å². The predicted octanol–water partition coefficient (Wildman–Crippen LogP) is 5.40. The number of hydrogen-bond donors (Lipinski definition) is 1. The van der Waals surface area contributed by atoms with Gasteiger partial charge in [0.1, 0.15) is 5.75 Å². The summed E-state index contributed by atoms with van der Waals surface area (Å²) in [6.45, 7) is 4.39. The molecule has 0 spiro atoms. The zero-order valence-corrected chi connectivity index (χ0v) is 14.1. The Balaban J connectivity index is 2.46. The van der Waals surface area contributed by atoms with Crippen LogP contribution in [0.5, 0.6) is 5.75 Å². The highest BCUT2D eigenvalue weighted by atomic mass is 35.5. The highest BCUT2D eigenvalue weighted by molar-refractivity contribution is 6.34. The van der Waals surface area contributed by atoms with E-state index in [4.69, 9.17) is 45.3 Å². The topological polar surface area (TPSA) is 35.2 Å². The Bertz CT molecular complexity index is 658. The van der Waals surface area contributed by atoms with Gasteiger partial charge in [0.05, 0.1) is 17.7 Å². The summed E-state index contributed by atoms with van der Waals surface area (Å²) in [5, 5.41) is 1.65. The zero-order valence-electron chi connectivity index (χ0n) is 11.8. The third-order valence-electron chi connectivity index (χ3n) is 3.26. The van der Waals surface area contributed by atoms with Crippen LogP contribution in [0.25, 0.3) is 0 Å². The molecule has 1 unspecified atom stereocenters. The van der Waals surface area contributed by atoms with E-state index in [9.17, 15) is 0 Å². The number of ether oxygens (including phenoxy) is 1. The predicted molar refractivity (Wildman–Crippen MR) is 89.9 cm³/mol. The van der Waals surface area contributed by atoms with Crippen LogP contribution in [-0.4, -0.2) is 6.61 Å². The van der Waals surface area contributed by atoms with Crippen molar-refractivity contribution >= 4 is 34.8 Å². The summed E-state index contributed by atoms with van der Waals surface area (Å²) >= 11 is 18.6. The van der Waals surface area contributed by atoms with Crippen LogP contribution in [0.15, 0.2) is 30.3 Å². The van der Waals surface area contributed by atoms with Crippen LogP contribution < -0.4 is 10.5 Å². The first kappa shape index (κ1) is 16.4. The van der Waals surface area contributed by atoms with Gasteiger partial charge < -0.3 is 10.5 Å². The van der Waals surface area contributed by atoms with E-state index in [0.29, 0.717) is 27.4 Å². The molecule has 0 aromatic heterocycles. The lowest BCUT2D eigenvalue weighted by Gasteiger charge is -2.18. The van der Waals surface area contributed by atoms with Gasteiger partial charge in [-0.25, -0.2) is 0 Å². The Hall–Kier alpha value is -0.930. The van der Waals surface area contributed by atoms with Gasteiger partial charge in [-0.15, -0.1) is 0 Å². The van der Waals surface area contributed by atoms with Crippen LogP contribution in [0.4, 0.5) is 0 Å². The van der Waals surface area contributed by atoms with E-state index >= 15 is 0 Å². The minimum Gasteiger partial charge on any atom is -0.492 e. The second-order valence-corrected chi connectivity index (χ2v) is 5.97. The lowest BCUT2D eigenvalue weighted by atomic mass is 9.95. The summed E-state index contributed by atoms with van der Waals surface area (Å²) in [7, 11) is 0. The van der Waals surface area contributed by atoms with Gasteiger partial charge in [-0.05, 0) is 48.7 Å². The van der Waals surface area contributed by atoms with Gasteiger partial charge in [0.2, 0.25) is 0 Å². The number of aryl methyl sites for hydroxylation is 1.